The Balaban J connectivity index is 1.63. The predicted octanol–water partition coefficient (Wildman–Crippen LogP) is 5.93. The summed E-state index contributed by atoms with van der Waals surface area (Å²) in [6, 6.07) is 15.8. The van der Waals surface area contributed by atoms with Gasteiger partial charge in [-0.3, -0.25) is 0 Å². The van der Waals surface area contributed by atoms with Crippen molar-refractivity contribution < 1.29 is 18.9 Å². The Morgan fingerprint density at radius 2 is 1.09 bits per heavy atom. The molecule has 176 valence electrons. The van der Waals surface area contributed by atoms with Crippen LogP contribution in [0, 0.1) is 5.92 Å². The Hall–Kier alpha value is -3.02. The summed E-state index contributed by atoms with van der Waals surface area (Å²) in [5.74, 6) is 2.90. The average Bonchev–Trinajstić information content (AvgIpc) is 3.29. The van der Waals surface area contributed by atoms with Gasteiger partial charge in [0.2, 0.25) is 0 Å². The Bertz CT molecular complexity index is 955. The molecule has 0 amide bonds. The first kappa shape index (κ1) is 23.1. The molecule has 0 radical (unpaired) electrons. The van der Waals surface area contributed by atoms with Gasteiger partial charge >= 0.3 is 0 Å². The molecule has 0 unspecified atom stereocenters. The quantitative estimate of drug-likeness (QED) is 0.525. The molecule has 2 heterocycles. The van der Waals surface area contributed by atoms with Gasteiger partial charge in [-0.15, -0.1) is 0 Å². The van der Waals surface area contributed by atoms with E-state index in [0.29, 0.717) is 11.8 Å². The van der Waals surface area contributed by atoms with E-state index in [4.69, 9.17) is 28.9 Å². The van der Waals surface area contributed by atoms with Gasteiger partial charge in [-0.25, -0.2) is 9.98 Å². The second-order valence-electron chi connectivity index (χ2n) is 9.66. The summed E-state index contributed by atoms with van der Waals surface area (Å²) in [6.45, 7) is 10.4. The van der Waals surface area contributed by atoms with Crippen molar-refractivity contribution in [3.05, 3.63) is 59.7 Å². The van der Waals surface area contributed by atoms with E-state index in [0.717, 1.165) is 29.0 Å². The number of aliphatic imine (C=N–C) groups is 2. The molecule has 6 nitrogen and oxygen atoms in total. The third-order valence-electron chi connectivity index (χ3n) is 6.43. The second kappa shape index (κ2) is 8.73. The summed E-state index contributed by atoms with van der Waals surface area (Å²) in [7, 11) is 3.34. The van der Waals surface area contributed by atoms with E-state index < -0.39 is 11.2 Å². The van der Waals surface area contributed by atoms with Crippen LogP contribution in [0.1, 0.15) is 64.3 Å². The van der Waals surface area contributed by atoms with Crippen LogP contribution in [0.25, 0.3) is 0 Å². The standard InChI is InChI=1S/C27H34N2O4/c1-8-21(24-28-22(26(2,3)32-24)17-9-13-19(30-6)14-10-17)25-29-23(27(4,5)33-25)18-11-15-20(31-7)16-12-18/h9-16,21-23H,8H2,1-7H3/t22-,23-/m0/s1. The van der Waals surface area contributed by atoms with Crippen LogP contribution in [0.5, 0.6) is 11.5 Å². The lowest BCUT2D eigenvalue weighted by Crippen LogP contribution is -2.34. The van der Waals surface area contributed by atoms with Crippen LogP contribution in [0.4, 0.5) is 0 Å². The fraction of sp³-hybridized carbons (Fsp3) is 0.481. The van der Waals surface area contributed by atoms with Gasteiger partial charge in [0.1, 0.15) is 40.7 Å². The van der Waals surface area contributed by atoms with Gasteiger partial charge in [-0.1, -0.05) is 31.2 Å². The molecule has 0 saturated heterocycles. The molecule has 33 heavy (non-hydrogen) atoms. The molecule has 0 N–H and O–H groups in total. The molecule has 2 aromatic carbocycles. The maximum atomic E-state index is 6.42. The van der Waals surface area contributed by atoms with E-state index in [9.17, 15) is 0 Å². The van der Waals surface area contributed by atoms with Gasteiger partial charge in [0.15, 0.2) is 11.8 Å². The minimum absolute atomic E-state index is 0.111. The fourth-order valence-corrected chi connectivity index (χ4v) is 4.57. The highest BCUT2D eigenvalue weighted by Gasteiger charge is 2.47. The molecule has 0 spiro atoms. The highest BCUT2D eigenvalue weighted by atomic mass is 16.5. The molecule has 4 rings (SSSR count). The molecule has 0 fully saturated rings. The average molecular weight is 451 g/mol. The van der Waals surface area contributed by atoms with E-state index in [1.165, 1.54) is 0 Å². The van der Waals surface area contributed by atoms with Crippen molar-refractivity contribution in [2.45, 2.75) is 64.3 Å². The first-order chi connectivity index (χ1) is 15.7. The summed E-state index contributed by atoms with van der Waals surface area (Å²) in [4.78, 5) is 10.1. The van der Waals surface area contributed by atoms with Gasteiger partial charge in [-0.05, 0) is 69.5 Å². The number of methoxy groups -OCH3 is 2. The van der Waals surface area contributed by atoms with E-state index in [-0.39, 0.29) is 18.0 Å². The Kier molecular flexibility index (Phi) is 6.12. The van der Waals surface area contributed by atoms with Crippen molar-refractivity contribution in [3.8, 4) is 11.5 Å². The SMILES string of the molecule is CCC(C1=N[C@@H](c2ccc(OC)cc2)C(C)(C)O1)C1=N[C@@H](c2ccc(OC)cc2)C(C)(C)O1. The molecule has 2 atom stereocenters. The molecule has 0 bridgehead atoms. The summed E-state index contributed by atoms with van der Waals surface area (Å²) in [5, 5.41) is 0. The largest absolute Gasteiger partial charge is 0.497 e. The van der Waals surface area contributed by atoms with Crippen molar-refractivity contribution in [3.63, 3.8) is 0 Å². The molecule has 0 aromatic heterocycles. The number of nitrogens with zero attached hydrogens (tertiary/aromatic N) is 2. The summed E-state index contributed by atoms with van der Waals surface area (Å²) in [5.41, 5.74) is 1.25. The van der Waals surface area contributed by atoms with E-state index in [1.54, 1.807) is 14.2 Å². The smallest absolute Gasteiger partial charge is 0.197 e. The summed E-state index contributed by atoms with van der Waals surface area (Å²) in [6.07, 6.45) is 0.786. The molecular weight excluding hydrogens is 416 g/mol. The van der Waals surface area contributed by atoms with Crippen molar-refractivity contribution >= 4 is 11.8 Å². The second-order valence-corrected chi connectivity index (χ2v) is 9.66. The van der Waals surface area contributed by atoms with Crippen molar-refractivity contribution in [2.75, 3.05) is 14.2 Å². The van der Waals surface area contributed by atoms with Crippen LogP contribution < -0.4 is 9.47 Å². The van der Waals surface area contributed by atoms with Crippen molar-refractivity contribution in [1.29, 1.82) is 0 Å². The summed E-state index contributed by atoms with van der Waals surface area (Å²) < 4.78 is 23.4. The number of rotatable bonds is 7. The lowest BCUT2D eigenvalue weighted by Gasteiger charge is -2.27. The van der Waals surface area contributed by atoms with Crippen molar-refractivity contribution in [2.24, 2.45) is 15.9 Å². The van der Waals surface area contributed by atoms with Gasteiger partial charge in [0.05, 0.1) is 14.2 Å². The summed E-state index contributed by atoms with van der Waals surface area (Å²) >= 11 is 0. The molecule has 0 aliphatic carbocycles. The highest BCUT2D eigenvalue weighted by Crippen LogP contribution is 2.43. The molecule has 2 aliphatic rings. The van der Waals surface area contributed by atoms with Gasteiger partial charge in [0.25, 0.3) is 0 Å². The number of ether oxygens (including phenoxy) is 4. The van der Waals surface area contributed by atoms with Crippen LogP contribution in [0.3, 0.4) is 0 Å². The Labute approximate surface area is 196 Å². The number of hydrogen-bond acceptors (Lipinski definition) is 6. The lowest BCUT2D eigenvalue weighted by molar-refractivity contribution is 0.0804. The first-order valence-corrected chi connectivity index (χ1v) is 11.5. The molecular formula is C27H34N2O4. The minimum Gasteiger partial charge on any atom is -0.497 e. The molecule has 2 aliphatic heterocycles. The zero-order chi connectivity index (χ0) is 23.8. The molecule has 6 heteroatoms. The van der Waals surface area contributed by atoms with Gasteiger partial charge < -0.3 is 18.9 Å². The van der Waals surface area contributed by atoms with Crippen LogP contribution in [0.2, 0.25) is 0 Å². The number of hydrogen-bond donors (Lipinski definition) is 0. The van der Waals surface area contributed by atoms with Crippen molar-refractivity contribution in [1.82, 2.24) is 0 Å². The van der Waals surface area contributed by atoms with E-state index in [2.05, 4.69) is 58.9 Å². The van der Waals surface area contributed by atoms with Crippen LogP contribution in [0.15, 0.2) is 58.5 Å². The lowest BCUT2D eigenvalue weighted by atomic mass is 9.93. The third-order valence-corrected chi connectivity index (χ3v) is 6.43. The van der Waals surface area contributed by atoms with Gasteiger partial charge in [-0.2, -0.15) is 0 Å². The number of benzene rings is 2. The molecule has 2 aromatic rings. The van der Waals surface area contributed by atoms with Crippen LogP contribution in [-0.2, 0) is 9.47 Å². The minimum atomic E-state index is -0.471. The Morgan fingerprint density at radius 1 is 0.727 bits per heavy atom. The van der Waals surface area contributed by atoms with Crippen LogP contribution in [-0.4, -0.2) is 37.2 Å². The highest BCUT2D eigenvalue weighted by molar-refractivity contribution is 6.02. The van der Waals surface area contributed by atoms with Crippen LogP contribution >= 0.6 is 0 Å². The van der Waals surface area contributed by atoms with E-state index in [1.807, 2.05) is 24.3 Å². The monoisotopic (exact) mass is 450 g/mol. The topological polar surface area (TPSA) is 61.6 Å². The molecule has 0 saturated carbocycles. The van der Waals surface area contributed by atoms with E-state index >= 15 is 0 Å². The third kappa shape index (κ3) is 4.43. The normalized spacial score (nSPS) is 22.9. The predicted molar refractivity (Wildman–Crippen MR) is 130 cm³/mol. The zero-order valence-electron chi connectivity index (χ0n) is 20.6. The van der Waals surface area contributed by atoms with Gasteiger partial charge in [0, 0.05) is 0 Å². The first-order valence-electron chi connectivity index (χ1n) is 11.5. The zero-order valence-corrected chi connectivity index (χ0v) is 20.6. The Morgan fingerprint density at radius 3 is 1.39 bits per heavy atom. The maximum Gasteiger partial charge on any atom is 0.197 e. The fourth-order valence-electron chi connectivity index (χ4n) is 4.57. The maximum absolute atomic E-state index is 6.42.